The summed E-state index contributed by atoms with van der Waals surface area (Å²) in [7, 11) is 1.57. The quantitative estimate of drug-likeness (QED) is 0.493. The summed E-state index contributed by atoms with van der Waals surface area (Å²) in [5.41, 5.74) is 6.70. The molecule has 4 rings (SSSR count). The largest absolute Gasteiger partial charge is 0.493 e. The number of morpholine rings is 1. The zero-order valence-electron chi connectivity index (χ0n) is 17.9. The number of hydrogen-bond acceptors (Lipinski definition) is 8. The van der Waals surface area contributed by atoms with Crippen molar-refractivity contribution in [3.8, 4) is 11.5 Å². The molecule has 1 aromatic heterocycles. The third kappa shape index (κ3) is 5.75. The second-order valence-corrected chi connectivity index (χ2v) is 8.32. The van der Waals surface area contributed by atoms with Gasteiger partial charge in [-0.25, -0.2) is 9.97 Å². The molecule has 3 N–H and O–H groups in total. The number of methoxy groups -OCH3 is 1. The maximum Gasteiger partial charge on any atom is 0.231 e. The van der Waals surface area contributed by atoms with E-state index in [4.69, 9.17) is 43.1 Å². The smallest absolute Gasteiger partial charge is 0.231 e. The van der Waals surface area contributed by atoms with Gasteiger partial charge in [0.05, 0.1) is 35.8 Å². The number of primary amides is 1. The fourth-order valence-corrected chi connectivity index (χ4v) is 3.87. The molecule has 0 spiro atoms. The first-order valence-corrected chi connectivity index (χ1v) is 11.0. The van der Waals surface area contributed by atoms with Gasteiger partial charge in [0.25, 0.3) is 0 Å². The fourth-order valence-electron chi connectivity index (χ4n) is 3.57. The highest BCUT2D eigenvalue weighted by Gasteiger charge is 2.23. The third-order valence-electron chi connectivity index (χ3n) is 5.13. The third-order valence-corrected chi connectivity index (χ3v) is 5.87. The molecular formula is C22H23Cl2N5O4. The van der Waals surface area contributed by atoms with Gasteiger partial charge in [0.1, 0.15) is 24.9 Å². The van der Waals surface area contributed by atoms with Gasteiger partial charge >= 0.3 is 0 Å². The Morgan fingerprint density at radius 2 is 2.09 bits per heavy atom. The summed E-state index contributed by atoms with van der Waals surface area (Å²) in [6, 6.07) is 8.84. The Balaban J connectivity index is 1.52. The number of rotatable bonds is 8. The van der Waals surface area contributed by atoms with E-state index >= 15 is 0 Å². The normalized spacial score (nSPS) is 16.5. The van der Waals surface area contributed by atoms with Crippen molar-refractivity contribution in [2.24, 2.45) is 5.73 Å². The number of aromatic nitrogens is 2. The molecule has 1 aliphatic rings. The molecule has 1 unspecified atom stereocenters. The molecule has 2 aromatic carbocycles. The number of nitrogens with one attached hydrogen (secondary N) is 1. The van der Waals surface area contributed by atoms with Crippen LogP contribution in [-0.2, 0) is 9.53 Å². The van der Waals surface area contributed by atoms with Gasteiger partial charge in [0.2, 0.25) is 5.91 Å². The van der Waals surface area contributed by atoms with Crippen LogP contribution in [0.2, 0.25) is 10.0 Å². The number of nitrogens with two attached hydrogens (primary N) is 1. The molecule has 0 bridgehead atoms. The number of ether oxygens (including phenoxy) is 3. The lowest BCUT2D eigenvalue weighted by Gasteiger charge is -2.31. The molecule has 33 heavy (non-hydrogen) atoms. The lowest BCUT2D eigenvalue weighted by atomic mass is 10.2. The van der Waals surface area contributed by atoms with Crippen LogP contribution < -0.4 is 20.5 Å². The Labute approximate surface area is 200 Å². The van der Waals surface area contributed by atoms with Crippen LogP contribution in [0.3, 0.4) is 0 Å². The average Bonchev–Trinajstić information content (AvgIpc) is 2.79. The number of amides is 1. The van der Waals surface area contributed by atoms with Crippen molar-refractivity contribution in [2.75, 3.05) is 45.3 Å². The van der Waals surface area contributed by atoms with Crippen molar-refractivity contribution < 1.29 is 19.0 Å². The highest BCUT2D eigenvalue weighted by atomic mass is 35.5. The Kier molecular flexibility index (Phi) is 7.34. The number of halogens is 2. The predicted octanol–water partition coefficient (Wildman–Crippen LogP) is 3.25. The van der Waals surface area contributed by atoms with E-state index in [9.17, 15) is 4.79 Å². The number of carbonyl (C=O) groups is 1. The van der Waals surface area contributed by atoms with Crippen LogP contribution in [0.5, 0.6) is 11.5 Å². The summed E-state index contributed by atoms with van der Waals surface area (Å²) >= 11 is 12.1. The molecule has 3 aromatic rings. The maximum absolute atomic E-state index is 11.2. The summed E-state index contributed by atoms with van der Waals surface area (Å²) in [6.07, 6.45) is 1.26. The molecule has 2 heterocycles. The van der Waals surface area contributed by atoms with E-state index < -0.39 is 0 Å². The highest BCUT2D eigenvalue weighted by molar-refractivity contribution is 6.42. The standard InChI is InChI=1S/C22H23Cl2N5O4/c1-31-19-7-15-18(26-12-27-22(15)28-13-2-3-16(23)17(24)6-13)8-20(19)33-11-14-9-29(4-5-32-14)10-21(25)30/h2-3,6-8,12,14H,4-5,9-11H2,1H3,(H2,25,30)(H,26,27,28). The minimum Gasteiger partial charge on any atom is -0.493 e. The molecule has 1 atom stereocenters. The second kappa shape index (κ2) is 10.4. The SMILES string of the molecule is COc1cc2c(Nc3ccc(Cl)c(Cl)c3)ncnc2cc1OCC1CN(CC(N)=O)CCO1. The summed E-state index contributed by atoms with van der Waals surface area (Å²) in [5.74, 6) is 1.28. The van der Waals surface area contributed by atoms with E-state index in [0.29, 0.717) is 52.6 Å². The van der Waals surface area contributed by atoms with Gasteiger partial charge in [-0.15, -0.1) is 0 Å². The van der Waals surface area contributed by atoms with Crippen molar-refractivity contribution in [1.29, 1.82) is 0 Å². The van der Waals surface area contributed by atoms with Gasteiger partial charge in [0.15, 0.2) is 11.5 Å². The zero-order valence-corrected chi connectivity index (χ0v) is 19.4. The molecule has 1 amide bonds. The van der Waals surface area contributed by atoms with Gasteiger partial charge in [-0.3, -0.25) is 9.69 Å². The van der Waals surface area contributed by atoms with E-state index in [-0.39, 0.29) is 25.2 Å². The molecule has 1 aliphatic heterocycles. The number of benzene rings is 2. The van der Waals surface area contributed by atoms with Crippen LogP contribution in [-0.4, -0.2) is 66.8 Å². The Hall–Kier alpha value is -2.85. The molecule has 9 nitrogen and oxygen atoms in total. The highest BCUT2D eigenvalue weighted by Crippen LogP contribution is 2.35. The van der Waals surface area contributed by atoms with E-state index in [1.54, 1.807) is 25.3 Å². The summed E-state index contributed by atoms with van der Waals surface area (Å²) < 4.78 is 17.3. The Morgan fingerprint density at radius 3 is 2.85 bits per heavy atom. The van der Waals surface area contributed by atoms with Gasteiger partial charge in [0, 0.05) is 30.2 Å². The first-order valence-electron chi connectivity index (χ1n) is 10.2. The van der Waals surface area contributed by atoms with E-state index in [2.05, 4.69) is 15.3 Å². The monoisotopic (exact) mass is 491 g/mol. The van der Waals surface area contributed by atoms with Crippen LogP contribution in [0, 0.1) is 0 Å². The van der Waals surface area contributed by atoms with Crippen molar-refractivity contribution in [2.45, 2.75) is 6.10 Å². The number of hydrogen-bond donors (Lipinski definition) is 2. The van der Waals surface area contributed by atoms with Crippen LogP contribution in [0.1, 0.15) is 0 Å². The predicted molar refractivity (Wildman–Crippen MR) is 127 cm³/mol. The number of anilines is 2. The zero-order chi connectivity index (χ0) is 23.4. The van der Waals surface area contributed by atoms with Crippen molar-refractivity contribution >= 4 is 51.5 Å². The molecule has 0 radical (unpaired) electrons. The molecule has 11 heteroatoms. The van der Waals surface area contributed by atoms with Gasteiger partial charge in [-0.05, 0) is 24.3 Å². The average molecular weight is 492 g/mol. The van der Waals surface area contributed by atoms with Crippen molar-refractivity contribution in [1.82, 2.24) is 14.9 Å². The minimum atomic E-state index is -0.363. The fraction of sp³-hybridized carbons (Fsp3) is 0.318. The first-order chi connectivity index (χ1) is 15.9. The molecule has 1 saturated heterocycles. The summed E-state index contributed by atoms with van der Waals surface area (Å²) in [4.78, 5) is 21.9. The summed E-state index contributed by atoms with van der Waals surface area (Å²) in [6.45, 7) is 2.21. The molecule has 174 valence electrons. The number of fused-ring (bicyclic) bond motifs is 1. The maximum atomic E-state index is 11.2. The van der Waals surface area contributed by atoms with Crippen LogP contribution in [0.25, 0.3) is 10.9 Å². The second-order valence-electron chi connectivity index (χ2n) is 7.50. The van der Waals surface area contributed by atoms with E-state index in [1.807, 2.05) is 17.0 Å². The summed E-state index contributed by atoms with van der Waals surface area (Å²) in [5, 5.41) is 4.89. The molecule has 1 fully saturated rings. The van der Waals surface area contributed by atoms with Gasteiger partial charge < -0.3 is 25.3 Å². The molecule has 0 saturated carbocycles. The lowest BCUT2D eigenvalue weighted by Crippen LogP contribution is -2.47. The molecular weight excluding hydrogens is 469 g/mol. The number of carbonyl (C=O) groups excluding carboxylic acids is 1. The minimum absolute atomic E-state index is 0.198. The lowest BCUT2D eigenvalue weighted by molar-refractivity contribution is -0.121. The van der Waals surface area contributed by atoms with Crippen molar-refractivity contribution in [3.63, 3.8) is 0 Å². The number of nitrogens with zero attached hydrogens (tertiary/aromatic N) is 3. The van der Waals surface area contributed by atoms with E-state index in [0.717, 1.165) is 11.1 Å². The van der Waals surface area contributed by atoms with Gasteiger partial charge in [-0.1, -0.05) is 23.2 Å². The van der Waals surface area contributed by atoms with Crippen LogP contribution >= 0.6 is 23.2 Å². The Morgan fingerprint density at radius 1 is 1.24 bits per heavy atom. The topological polar surface area (TPSA) is 112 Å². The van der Waals surface area contributed by atoms with Gasteiger partial charge in [-0.2, -0.15) is 0 Å². The van der Waals surface area contributed by atoms with Crippen LogP contribution in [0.15, 0.2) is 36.7 Å². The Bertz CT molecular complexity index is 1160. The van der Waals surface area contributed by atoms with Crippen molar-refractivity contribution in [3.05, 3.63) is 46.7 Å². The molecule has 0 aliphatic carbocycles. The van der Waals surface area contributed by atoms with E-state index in [1.165, 1.54) is 6.33 Å². The van der Waals surface area contributed by atoms with Crippen LogP contribution in [0.4, 0.5) is 11.5 Å². The first kappa shape index (κ1) is 23.3.